The fraction of sp³-hybridized carbons (Fsp3) is 0.280. The zero-order valence-electron chi connectivity index (χ0n) is 18.0. The average Bonchev–Trinajstić information content (AvgIpc) is 3.50. The van der Waals surface area contributed by atoms with Crippen LogP contribution in [0.1, 0.15) is 30.0 Å². The molecule has 0 unspecified atom stereocenters. The topological polar surface area (TPSA) is 97.5 Å². The van der Waals surface area contributed by atoms with Crippen molar-refractivity contribution in [1.82, 2.24) is 19.5 Å². The summed E-state index contributed by atoms with van der Waals surface area (Å²) in [5.74, 6) is 0.504. The number of aliphatic hydroxyl groups excluding tert-OH is 1. The van der Waals surface area contributed by atoms with E-state index in [9.17, 15) is 5.11 Å². The summed E-state index contributed by atoms with van der Waals surface area (Å²) < 4.78 is 2.05. The van der Waals surface area contributed by atoms with Crippen LogP contribution in [-0.4, -0.2) is 42.5 Å². The van der Waals surface area contributed by atoms with E-state index in [2.05, 4.69) is 42.1 Å². The predicted molar refractivity (Wildman–Crippen MR) is 125 cm³/mol. The van der Waals surface area contributed by atoms with E-state index in [0.29, 0.717) is 18.8 Å². The second-order valence-corrected chi connectivity index (χ2v) is 8.54. The van der Waals surface area contributed by atoms with Gasteiger partial charge in [-0.2, -0.15) is 0 Å². The predicted octanol–water partition coefficient (Wildman–Crippen LogP) is 3.55. The molecule has 8 heteroatoms. The molecule has 3 heterocycles. The van der Waals surface area contributed by atoms with Gasteiger partial charge in [0, 0.05) is 6.54 Å². The van der Waals surface area contributed by atoms with Crippen molar-refractivity contribution in [1.29, 1.82) is 0 Å². The highest BCUT2D eigenvalue weighted by molar-refractivity contribution is 6.03. The highest BCUT2D eigenvalue weighted by atomic mass is 16.6. The first-order valence-electron chi connectivity index (χ1n) is 11.2. The van der Waals surface area contributed by atoms with Crippen molar-refractivity contribution in [3.8, 4) is 0 Å². The molecule has 166 valence electrons. The van der Waals surface area contributed by atoms with Gasteiger partial charge < -0.3 is 19.8 Å². The van der Waals surface area contributed by atoms with Crippen molar-refractivity contribution < 1.29 is 9.94 Å². The van der Waals surface area contributed by atoms with E-state index in [1.807, 2.05) is 48.5 Å². The largest absolute Gasteiger partial charge is 0.392 e. The molecule has 1 aliphatic heterocycles. The molecule has 4 atom stereocenters. The monoisotopic (exact) mass is 440 g/mol. The minimum absolute atomic E-state index is 0.0368. The first kappa shape index (κ1) is 19.9. The first-order valence-corrected chi connectivity index (χ1v) is 11.2. The van der Waals surface area contributed by atoms with Gasteiger partial charge in [0.15, 0.2) is 17.6 Å². The average molecular weight is 441 g/mol. The third-order valence-corrected chi connectivity index (χ3v) is 6.58. The Morgan fingerprint density at radius 3 is 2.58 bits per heavy atom. The maximum atomic E-state index is 10.8. The van der Waals surface area contributed by atoms with Gasteiger partial charge in [-0.15, -0.1) is 0 Å². The van der Waals surface area contributed by atoms with E-state index in [0.717, 1.165) is 34.4 Å². The Hall–Kier alpha value is -3.78. The molecule has 2 aliphatic rings. The zero-order chi connectivity index (χ0) is 22.2. The van der Waals surface area contributed by atoms with Crippen molar-refractivity contribution in [3.05, 3.63) is 84.4 Å². The van der Waals surface area contributed by atoms with Crippen molar-refractivity contribution in [2.75, 3.05) is 5.32 Å². The molecule has 1 aliphatic carbocycles. The third kappa shape index (κ3) is 3.52. The van der Waals surface area contributed by atoms with Crippen LogP contribution in [0.15, 0.2) is 78.5 Å². The van der Waals surface area contributed by atoms with Gasteiger partial charge in [0.05, 0.1) is 30.1 Å². The molecule has 4 aromatic rings. The van der Waals surface area contributed by atoms with Crippen molar-refractivity contribution in [3.63, 3.8) is 0 Å². The number of hydrogen-bond donors (Lipinski definition) is 2. The van der Waals surface area contributed by atoms with Gasteiger partial charge in [0.1, 0.15) is 11.8 Å². The second kappa shape index (κ2) is 8.29. The second-order valence-electron chi connectivity index (χ2n) is 8.54. The molecule has 33 heavy (non-hydrogen) atoms. The van der Waals surface area contributed by atoms with Gasteiger partial charge >= 0.3 is 0 Å². The number of benzene rings is 2. The molecule has 1 saturated carbocycles. The molecule has 0 amide bonds. The van der Waals surface area contributed by atoms with Crippen LogP contribution >= 0.6 is 0 Å². The molecule has 2 aromatic carbocycles. The van der Waals surface area contributed by atoms with Crippen LogP contribution in [0, 0.1) is 5.92 Å². The number of fused-ring (bicyclic) bond motifs is 2. The van der Waals surface area contributed by atoms with Crippen molar-refractivity contribution >= 4 is 22.7 Å². The SMILES string of the molecule is O[C@H]1CC[C@@H](n2cnc3c(NCc4ccccc4)ncnc32)[C@@H]2ON=C(c3ccccc3)[C@@H]21. The number of rotatable bonds is 5. The van der Waals surface area contributed by atoms with Gasteiger partial charge in [-0.25, -0.2) is 15.0 Å². The number of nitrogens with one attached hydrogen (secondary N) is 1. The summed E-state index contributed by atoms with van der Waals surface area (Å²) in [4.78, 5) is 19.5. The molecule has 8 nitrogen and oxygen atoms in total. The standard InChI is InChI=1S/C25H24N6O2/c32-19-12-11-18(23-20(19)21(30-33-23)17-9-5-2-6-10-17)31-15-29-22-24(27-14-28-25(22)31)26-13-16-7-3-1-4-8-16/h1-10,14-15,18-20,23,32H,11-13H2,(H,26,27,28)/t18-,19+,20+,23+/m1/s1. The number of imidazole rings is 1. The summed E-state index contributed by atoms with van der Waals surface area (Å²) in [5, 5.41) is 18.6. The third-order valence-electron chi connectivity index (χ3n) is 6.58. The van der Waals surface area contributed by atoms with E-state index in [1.54, 1.807) is 12.7 Å². The highest BCUT2D eigenvalue weighted by Crippen LogP contribution is 2.42. The minimum Gasteiger partial charge on any atom is -0.392 e. The smallest absolute Gasteiger partial charge is 0.165 e. The fourth-order valence-electron chi connectivity index (χ4n) is 4.95. The van der Waals surface area contributed by atoms with Crippen LogP contribution in [0.5, 0.6) is 0 Å². The lowest BCUT2D eigenvalue weighted by molar-refractivity contribution is -0.0444. The lowest BCUT2D eigenvalue weighted by Gasteiger charge is -2.36. The minimum atomic E-state index is -0.500. The summed E-state index contributed by atoms with van der Waals surface area (Å²) in [6.07, 6.45) is 3.99. The Balaban J connectivity index is 1.29. The van der Waals surface area contributed by atoms with Crippen LogP contribution in [0.3, 0.4) is 0 Å². The number of hydrogen-bond acceptors (Lipinski definition) is 7. The van der Waals surface area contributed by atoms with Crippen LogP contribution in [0.4, 0.5) is 5.82 Å². The Bertz CT molecular complexity index is 1290. The summed E-state index contributed by atoms with van der Waals surface area (Å²) in [7, 11) is 0. The van der Waals surface area contributed by atoms with Crippen LogP contribution < -0.4 is 5.32 Å². The summed E-state index contributed by atoms with van der Waals surface area (Å²) in [5.41, 5.74) is 4.42. The molecular weight excluding hydrogens is 416 g/mol. The van der Waals surface area contributed by atoms with Crippen molar-refractivity contribution in [2.45, 2.75) is 37.6 Å². The summed E-state index contributed by atoms with van der Waals surface area (Å²) >= 11 is 0. The maximum Gasteiger partial charge on any atom is 0.165 e. The van der Waals surface area contributed by atoms with E-state index in [-0.39, 0.29) is 18.1 Å². The normalized spacial score (nSPS) is 24.2. The highest BCUT2D eigenvalue weighted by Gasteiger charge is 2.48. The van der Waals surface area contributed by atoms with Gasteiger partial charge in [-0.3, -0.25) is 0 Å². The van der Waals surface area contributed by atoms with E-state index in [1.165, 1.54) is 0 Å². The molecule has 0 spiro atoms. The Labute approximate surface area is 191 Å². The Kier molecular flexibility index (Phi) is 4.99. The van der Waals surface area contributed by atoms with Crippen LogP contribution in [-0.2, 0) is 11.4 Å². The number of nitrogens with zero attached hydrogens (tertiary/aromatic N) is 5. The van der Waals surface area contributed by atoms with E-state index in [4.69, 9.17) is 4.84 Å². The molecular formula is C25H24N6O2. The molecule has 0 saturated heterocycles. The number of aliphatic hydroxyl groups is 1. The van der Waals surface area contributed by atoms with Crippen molar-refractivity contribution in [2.24, 2.45) is 11.1 Å². The number of oxime groups is 1. The quantitative estimate of drug-likeness (QED) is 0.493. The van der Waals surface area contributed by atoms with Gasteiger partial charge in [-0.05, 0) is 24.0 Å². The Morgan fingerprint density at radius 1 is 0.970 bits per heavy atom. The molecule has 2 aromatic heterocycles. The lowest BCUT2D eigenvalue weighted by atomic mass is 9.77. The number of anilines is 1. The first-order chi connectivity index (χ1) is 16.3. The molecule has 0 radical (unpaired) electrons. The lowest BCUT2D eigenvalue weighted by Crippen LogP contribution is -2.44. The molecule has 6 rings (SSSR count). The summed E-state index contributed by atoms with van der Waals surface area (Å²) in [6.45, 7) is 0.650. The van der Waals surface area contributed by atoms with E-state index >= 15 is 0 Å². The molecule has 0 bridgehead atoms. The molecule has 1 fully saturated rings. The zero-order valence-corrected chi connectivity index (χ0v) is 18.0. The van der Waals surface area contributed by atoms with Gasteiger partial charge in [-0.1, -0.05) is 65.8 Å². The van der Waals surface area contributed by atoms with Gasteiger partial charge in [0.2, 0.25) is 0 Å². The van der Waals surface area contributed by atoms with Crippen LogP contribution in [0.2, 0.25) is 0 Å². The van der Waals surface area contributed by atoms with E-state index < -0.39 is 6.10 Å². The van der Waals surface area contributed by atoms with Gasteiger partial charge in [0.25, 0.3) is 0 Å². The van der Waals surface area contributed by atoms with Crippen LogP contribution in [0.25, 0.3) is 11.2 Å². The Morgan fingerprint density at radius 2 is 1.76 bits per heavy atom. The summed E-state index contributed by atoms with van der Waals surface area (Å²) in [6, 6.07) is 20.1. The fourth-order valence-corrected chi connectivity index (χ4v) is 4.95. The maximum absolute atomic E-state index is 10.8. The number of aromatic nitrogens is 4. The molecule has 2 N–H and O–H groups in total.